The molecule has 0 aliphatic carbocycles. The first-order chi connectivity index (χ1) is 16.8. The lowest BCUT2D eigenvalue weighted by atomic mass is 10.3. The molecular weight excluding hydrogens is 430 g/mol. The summed E-state index contributed by atoms with van der Waals surface area (Å²) < 4.78 is 5.76. The molecule has 0 amide bonds. The Balaban J connectivity index is 1.32. The second-order valence-corrected chi connectivity index (χ2v) is 7.69. The van der Waals surface area contributed by atoms with E-state index in [1.54, 1.807) is 12.3 Å². The monoisotopic (exact) mass is 453 g/mol. The Labute approximate surface area is 196 Å². The smallest absolute Gasteiger partial charge is 0.219 e. The second-order valence-electron chi connectivity index (χ2n) is 7.69. The number of benzene rings is 1. The zero-order valence-corrected chi connectivity index (χ0v) is 18.4. The van der Waals surface area contributed by atoms with Crippen LogP contribution in [0.1, 0.15) is 0 Å². The minimum atomic E-state index is 0.506. The quantitative estimate of drug-likeness (QED) is 0.331. The fourth-order valence-corrected chi connectivity index (χ4v) is 3.72. The van der Waals surface area contributed by atoms with Crippen LogP contribution >= 0.6 is 0 Å². The number of pyridine rings is 2. The third-order valence-electron chi connectivity index (χ3n) is 5.45. The Morgan fingerprint density at radius 1 is 0.912 bits per heavy atom. The maximum absolute atomic E-state index is 10.5. The molecule has 4 heterocycles. The molecule has 1 aliphatic heterocycles. The highest BCUT2D eigenvalue weighted by Crippen LogP contribution is 2.26. The molecule has 0 spiro atoms. The summed E-state index contributed by atoms with van der Waals surface area (Å²) in [6.45, 7) is 3.27. The van der Waals surface area contributed by atoms with Crippen LogP contribution in [0.15, 0.2) is 79.4 Å². The average molecular weight is 454 g/mol. The van der Waals surface area contributed by atoms with E-state index in [9.17, 15) is 4.79 Å². The van der Waals surface area contributed by atoms with E-state index in [0.717, 1.165) is 55.2 Å². The molecule has 1 saturated heterocycles. The number of hydrogen-bond donors (Lipinski definition) is 1. The minimum absolute atomic E-state index is 0.506. The van der Waals surface area contributed by atoms with Crippen molar-refractivity contribution >= 4 is 34.6 Å². The van der Waals surface area contributed by atoms with Gasteiger partial charge in [0.2, 0.25) is 5.88 Å². The van der Waals surface area contributed by atoms with Crippen molar-refractivity contribution in [3.8, 4) is 11.6 Å². The lowest BCUT2D eigenvalue weighted by molar-refractivity contribution is -0.104. The Hall–Kier alpha value is -4.53. The van der Waals surface area contributed by atoms with Crippen LogP contribution in [-0.2, 0) is 4.79 Å². The molecule has 0 radical (unpaired) electrons. The van der Waals surface area contributed by atoms with E-state index in [0.29, 0.717) is 17.2 Å². The highest BCUT2D eigenvalue weighted by atomic mass is 16.5. The van der Waals surface area contributed by atoms with Crippen LogP contribution in [0.5, 0.6) is 11.6 Å². The van der Waals surface area contributed by atoms with Crippen molar-refractivity contribution in [2.75, 3.05) is 36.4 Å². The fraction of sp³-hybridized carbons (Fsp3) is 0.160. The first-order valence-electron chi connectivity index (χ1n) is 11.0. The largest absolute Gasteiger partial charge is 0.439 e. The van der Waals surface area contributed by atoms with Crippen LogP contribution in [-0.4, -0.2) is 57.3 Å². The van der Waals surface area contributed by atoms with Gasteiger partial charge in [0.05, 0.1) is 17.4 Å². The molecule has 1 aromatic carbocycles. The van der Waals surface area contributed by atoms with E-state index in [1.807, 2.05) is 54.7 Å². The van der Waals surface area contributed by atoms with Crippen molar-refractivity contribution in [1.29, 1.82) is 0 Å². The van der Waals surface area contributed by atoms with Crippen LogP contribution in [0, 0.1) is 0 Å². The van der Waals surface area contributed by atoms with E-state index in [-0.39, 0.29) is 0 Å². The number of aldehydes is 1. The number of hydrogen-bond acceptors (Lipinski definition) is 9. The van der Waals surface area contributed by atoms with Crippen LogP contribution in [0.3, 0.4) is 0 Å². The van der Waals surface area contributed by atoms with Crippen molar-refractivity contribution in [3.05, 3.63) is 79.4 Å². The molecule has 170 valence electrons. The molecule has 0 saturated carbocycles. The maximum Gasteiger partial charge on any atom is 0.219 e. The van der Waals surface area contributed by atoms with Crippen LogP contribution in [0.25, 0.3) is 11.0 Å². The van der Waals surface area contributed by atoms with Gasteiger partial charge in [0, 0.05) is 38.4 Å². The molecule has 0 bridgehead atoms. The third kappa shape index (κ3) is 4.93. The Bertz CT molecular complexity index is 1290. The zero-order chi connectivity index (χ0) is 23.2. The number of aromatic nitrogens is 4. The van der Waals surface area contributed by atoms with E-state index >= 15 is 0 Å². The number of para-hydroxylation sites is 1. The predicted octanol–water partition coefficient (Wildman–Crippen LogP) is 3.79. The van der Waals surface area contributed by atoms with Crippen LogP contribution < -0.4 is 15.0 Å². The third-order valence-corrected chi connectivity index (χ3v) is 5.45. The number of piperazine rings is 1. The van der Waals surface area contributed by atoms with Crippen molar-refractivity contribution in [3.63, 3.8) is 0 Å². The highest BCUT2D eigenvalue weighted by Gasteiger charge is 2.17. The summed E-state index contributed by atoms with van der Waals surface area (Å²) in [6, 6.07) is 17.1. The number of anilines is 3. The van der Waals surface area contributed by atoms with Gasteiger partial charge < -0.3 is 19.9 Å². The van der Waals surface area contributed by atoms with Gasteiger partial charge in [-0.25, -0.2) is 19.9 Å². The maximum atomic E-state index is 10.5. The number of carbonyl (C=O) groups is 1. The van der Waals surface area contributed by atoms with Gasteiger partial charge in [0.15, 0.2) is 5.82 Å². The first-order valence-corrected chi connectivity index (χ1v) is 11.0. The van der Waals surface area contributed by atoms with Gasteiger partial charge in [0.25, 0.3) is 0 Å². The molecule has 9 heteroatoms. The lowest BCUT2D eigenvalue weighted by Crippen LogP contribution is -2.44. The molecular formula is C25H23N7O2. The summed E-state index contributed by atoms with van der Waals surface area (Å²) in [5, 5.41) is 3.30. The molecule has 34 heavy (non-hydrogen) atoms. The summed E-state index contributed by atoms with van der Waals surface area (Å²) in [6.07, 6.45) is 7.37. The SMILES string of the molecule is O=C/C=C/N1CCN(c2ccc3ncnc(Nc4ccc(Oc5ccccc5)nc4)c3n2)CC1. The van der Waals surface area contributed by atoms with Gasteiger partial charge in [-0.1, -0.05) is 18.2 Å². The summed E-state index contributed by atoms with van der Waals surface area (Å²) in [5.41, 5.74) is 2.21. The van der Waals surface area contributed by atoms with Gasteiger partial charge in [-0.3, -0.25) is 4.79 Å². The summed E-state index contributed by atoms with van der Waals surface area (Å²) >= 11 is 0. The van der Waals surface area contributed by atoms with Crippen LogP contribution in [0.2, 0.25) is 0 Å². The fourth-order valence-electron chi connectivity index (χ4n) is 3.72. The number of carbonyl (C=O) groups excluding carboxylic acids is 1. The Morgan fingerprint density at radius 3 is 2.53 bits per heavy atom. The highest BCUT2D eigenvalue weighted by molar-refractivity contribution is 5.88. The molecule has 0 unspecified atom stereocenters. The second kappa shape index (κ2) is 9.95. The molecule has 1 aliphatic rings. The van der Waals surface area contributed by atoms with E-state index in [1.165, 1.54) is 12.4 Å². The number of nitrogens with zero attached hydrogens (tertiary/aromatic N) is 6. The molecule has 3 aromatic heterocycles. The number of fused-ring (bicyclic) bond motifs is 1. The van der Waals surface area contributed by atoms with Crippen molar-refractivity contribution in [1.82, 2.24) is 24.8 Å². The molecule has 5 rings (SSSR count). The lowest BCUT2D eigenvalue weighted by Gasteiger charge is -2.34. The first kappa shape index (κ1) is 21.3. The normalized spacial score (nSPS) is 13.9. The van der Waals surface area contributed by atoms with Crippen molar-refractivity contribution in [2.24, 2.45) is 0 Å². The molecule has 9 nitrogen and oxygen atoms in total. The average Bonchev–Trinajstić information content (AvgIpc) is 2.89. The zero-order valence-electron chi connectivity index (χ0n) is 18.4. The molecule has 4 aromatic rings. The summed E-state index contributed by atoms with van der Waals surface area (Å²) in [7, 11) is 0. The van der Waals surface area contributed by atoms with E-state index < -0.39 is 0 Å². The van der Waals surface area contributed by atoms with Crippen molar-refractivity contribution < 1.29 is 9.53 Å². The standard InChI is InChI=1S/C25H23N7O2/c33-16-4-11-31-12-14-32(15-13-31)22-9-8-21-24(30-22)25(28-18-27-21)29-19-7-10-23(26-17-19)34-20-5-2-1-3-6-20/h1-11,16-18H,12-15H2,(H,27,28,29)/b11-4+. The van der Waals surface area contributed by atoms with E-state index in [4.69, 9.17) is 9.72 Å². The van der Waals surface area contributed by atoms with Crippen molar-refractivity contribution in [2.45, 2.75) is 0 Å². The predicted molar refractivity (Wildman–Crippen MR) is 130 cm³/mol. The Kier molecular flexibility index (Phi) is 6.24. The molecule has 0 atom stereocenters. The van der Waals surface area contributed by atoms with Gasteiger partial charge >= 0.3 is 0 Å². The number of ether oxygens (including phenoxy) is 1. The molecule has 1 N–H and O–H groups in total. The van der Waals surface area contributed by atoms with Gasteiger partial charge in [0.1, 0.15) is 29.7 Å². The van der Waals surface area contributed by atoms with Gasteiger partial charge in [-0.05, 0) is 36.4 Å². The van der Waals surface area contributed by atoms with Gasteiger partial charge in [-0.2, -0.15) is 0 Å². The number of allylic oxidation sites excluding steroid dienone is 1. The van der Waals surface area contributed by atoms with Crippen LogP contribution in [0.4, 0.5) is 17.3 Å². The van der Waals surface area contributed by atoms with E-state index in [2.05, 4.69) is 30.1 Å². The summed E-state index contributed by atoms with van der Waals surface area (Å²) in [5.74, 6) is 2.72. The molecule has 1 fully saturated rings. The minimum Gasteiger partial charge on any atom is -0.439 e. The summed E-state index contributed by atoms with van der Waals surface area (Å²) in [4.78, 5) is 32.9. The number of nitrogens with one attached hydrogen (secondary N) is 1. The Morgan fingerprint density at radius 2 is 1.76 bits per heavy atom. The number of rotatable bonds is 7. The van der Waals surface area contributed by atoms with Gasteiger partial charge in [-0.15, -0.1) is 0 Å². The topological polar surface area (TPSA) is 96.4 Å².